The molecule has 1 amide bonds. The average Bonchev–Trinajstić information content (AvgIpc) is 2.10. The van der Waals surface area contributed by atoms with E-state index >= 15 is 0 Å². The highest BCUT2D eigenvalue weighted by Crippen LogP contribution is 2.06. The molecule has 0 unspecified atom stereocenters. The molecular formula is C11H23NO2. The van der Waals surface area contributed by atoms with Crippen molar-refractivity contribution in [3.8, 4) is 0 Å². The van der Waals surface area contributed by atoms with Crippen LogP contribution in [0.3, 0.4) is 0 Å². The molecule has 0 aliphatic rings. The number of rotatable bonds is 5. The van der Waals surface area contributed by atoms with Crippen molar-refractivity contribution in [3.63, 3.8) is 0 Å². The summed E-state index contributed by atoms with van der Waals surface area (Å²) < 4.78 is 4.73. The summed E-state index contributed by atoms with van der Waals surface area (Å²) in [7, 11) is 1.44. The van der Waals surface area contributed by atoms with E-state index in [4.69, 9.17) is 4.74 Å². The van der Waals surface area contributed by atoms with Crippen molar-refractivity contribution in [2.24, 2.45) is 11.8 Å². The van der Waals surface area contributed by atoms with Crippen LogP contribution in [-0.2, 0) is 4.74 Å². The van der Waals surface area contributed by atoms with Crippen LogP contribution in [0.4, 0.5) is 4.79 Å². The molecule has 0 aliphatic carbocycles. The average molecular weight is 201 g/mol. The van der Waals surface area contributed by atoms with Gasteiger partial charge in [-0.25, -0.2) is 4.79 Å². The van der Waals surface area contributed by atoms with Gasteiger partial charge in [0, 0.05) is 13.1 Å². The fourth-order valence-electron chi connectivity index (χ4n) is 1.24. The lowest BCUT2D eigenvalue weighted by Gasteiger charge is -2.23. The zero-order valence-corrected chi connectivity index (χ0v) is 10.0. The van der Waals surface area contributed by atoms with E-state index in [0.29, 0.717) is 11.8 Å². The van der Waals surface area contributed by atoms with Crippen LogP contribution in [0.25, 0.3) is 0 Å². The first-order valence-corrected chi connectivity index (χ1v) is 5.30. The van der Waals surface area contributed by atoms with Crippen molar-refractivity contribution >= 4 is 6.09 Å². The van der Waals surface area contributed by atoms with Gasteiger partial charge in [-0.05, 0) is 18.3 Å². The Labute approximate surface area is 87.4 Å². The predicted molar refractivity (Wildman–Crippen MR) is 58.3 cm³/mol. The zero-order chi connectivity index (χ0) is 11.1. The summed E-state index contributed by atoms with van der Waals surface area (Å²) in [6.45, 7) is 10.1. The fraction of sp³-hybridized carbons (Fsp3) is 0.909. The molecule has 3 heteroatoms. The van der Waals surface area contributed by atoms with Gasteiger partial charge in [-0.3, -0.25) is 0 Å². The Morgan fingerprint density at radius 1 is 1.21 bits per heavy atom. The van der Waals surface area contributed by atoms with Crippen LogP contribution in [0.2, 0.25) is 0 Å². The van der Waals surface area contributed by atoms with Crippen molar-refractivity contribution in [2.75, 3.05) is 20.2 Å². The third kappa shape index (κ3) is 5.84. The minimum atomic E-state index is -0.209. The number of hydrogen-bond donors (Lipinski definition) is 0. The Balaban J connectivity index is 4.04. The van der Waals surface area contributed by atoms with Gasteiger partial charge in [0.15, 0.2) is 0 Å². The van der Waals surface area contributed by atoms with Gasteiger partial charge in [-0.1, -0.05) is 27.7 Å². The van der Waals surface area contributed by atoms with Crippen molar-refractivity contribution in [3.05, 3.63) is 0 Å². The van der Waals surface area contributed by atoms with Gasteiger partial charge in [0.1, 0.15) is 0 Å². The second-order valence-electron chi connectivity index (χ2n) is 4.49. The van der Waals surface area contributed by atoms with E-state index < -0.39 is 0 Å². The number of hydrogen-bond acceptors (Lipinski definition) is 2. The number of carbonyl (C=O) groups excluding carboxylic acids is 1. The first-order chi connectivity index (χ1) is 6.47. The molecule has 0 heterocycles. The minimum Gasteiger partial charge on any atom is -0.453 e. The van der Waals surface area contributed by atoms with Crippen molar-refractivity contribution < 1.29 is 9.53 Å². The monoisotopic (exact) mass is 201 g/mol. The maximum atomic E-state index is 11.4. The predicted octanol–water partition coefficient (Wildman–Crippen LogP) is 2.76. The van der Waals surface area contributed by atoms with Gasteiger partial charge in [0.25, 0.3) is 0 Å². The van der Waals surface area contributed by atoms with Crippen molar-refractivity contribution in [1.82, 2.24) is 4.90 Å². The number of amides is 1. The van der Waals surface area contributed by atoms with Crippen LogP contribution in [0.5, 0.6) is 0 Å². The second kappa shape index (κ2) is 6.68. The van der Waals surface area contributed by atoms with E-state index in [1.165, 1.54) is 7.11 Å². The lowest BCUT2D eigenvalue weighted by atomic mass is 10.1. The molecule has 0 aliphatic heterocycles. The largest absolute Gasteiger partial charge is 0.453 e. The third-order valence-electron chi connectivity index (χ3n) is 1.99. The maximum Gasteiger partial charge on any atom is 0.409 e. The van der Waals surface area contributed by atoms with E-state index in [1.807, 2.05) is 0 Å². The van der Waals surface area contributed by atoms with Crippen LogP contribution in [-0.4, -0.2) is 31.2 Å². The topological polar surface area (TPSA) is 29.5 Å². The number of carbonyl (C=O) groups is 1. The maximum absolute atomic E-state index is 11.4. The zero-order valence-electron chi connectivity index (χ0n) is 10.0. The summed E-state index contributed by atoms with van der Waals surface area (Å²) in [4.78, 5) is 13.1. The first kappa shape index (κ1) is 13.3. The summed E-state index contributed by atoms with van der Waals surface area (Å²) in [5.41, 5.74) is 0. The van der Waals surface area contributed by atoms with Gasteiger partial charge in [-0.2, -0.15) is 0 Å². The highest BCUT2D eigenvalue weighted by Gasteiger charge is 2.14. The molecule has 0 aromatic heterocycles. The summed E-state index contributed by atoms with van der Waals surface area (Å²) in [6.07, 6.45) is 0.821. The van der Waals surface area contributed by atoms with Crippen LogP contribution in [0.1, 0.15) is 34.1 Å². The molecule has 0 atom stereocenters. The molecule has 0 aromatic rings. The van der Waals surface area contributed by atoms with Gasteiger partial charge >= 0.3 is 6.09 Å². The van der Waals surface area contributed by atoms with Crippen LogP contribution < -0.4 is 0 Å². The van der Waals surface area contributed by atoms with E-state index in [1.54, 1.807) is 4.90 Å². The van der Waals surface area contributed by atoms with E-state index in [2.05, 4.69) is 27.7 Å². The summed E-state index contributed by atoms with van der Waals surface area (Å²) >= 11 is 0. The molecule has 0 N–H and O–H groups in total. The molecule has 84 valence electrons. The fourth-order valence-corrected chi connectivity index (χ4v) is 1.24. The van der Waals surface area contributed by atoms with Gasteiger partial charge in [-0.15, -0.1) is 0 Å². The number of ether oxygens (including phenoxy) is 1. The number of methoxy groups -OCH3 is 1. The molecule has 0 bridgehead atoms. The van der Waals surface area contributed by atoms with E-state index in [9.17, 15) is 4.79 Å². The van der Waals surface area contributed by atoms with Crippen LogP contribution in [0, 0.1) is 11.8 Å². The van der Waals surface area contributed by atoms with Gasteiger partial charge in [0.05, 0.1) is 7.11 Å². The van der Waals surface area contributed by atoms with Gasteiger partial charge < -0.3 is 9.64 Å². The second-order valence-corrected chi connectivity index (χ2v) is 4.49. The molecule has 0 saturated heterocycles. The summed E-state index contributed by atoms with van der Waals surface area (Å²) in [5, 5.41) is 0. The van der Waals surface area contributed by atoms with E-state index in [-0.39, 0.29) is 6.09 Å². The first-order valence-electron chi connectivity index (χ1n) is 5.30. The normalized spacial score (nSPS) is 10.8. The SMILES string of the molecule is COC(=O)N(CCC(C)C)CC(C)C. The Bertz CT molecular complexity index is 167. The van der Waals surface area contributed by atoms with Gasteiger partial charge in [0.2, 0.25) is 0 Å². The third-order valence-corrected chi connectivity index (χ3v) is 1.99. The smallest absolute Gasteiger partial charge is 0.409 e. The summed E-state index contributed by atoms with van der Waals surface area (Å²) in [5.74, 6) is 1.11. The molecule has 3 nitrogen and oxygen atoms in total. The minimum absolute atomic E-state index is 0.209. The molecule has 0 radical (unpaired) electrons. The van der Waals surface area contributed by atoms with Crippen LogP contribution in [0.15, 0.2) is 0 Å². The molecule has 0 aromatic carbocycles. The molecule has 14 heavy (non-hydrogen) atoms. The van der Waals surface area contributed by atoms with Crippen LogP contribution >= 0.6 is 0 Å². The molecule has 0 rings (SSSR count). The highest BCUT2D eigenvalue weighted by atomic mass is 16.5. The molecular weight excluding hydrogens is 178 g/mol. The molecule has 0 fully saturated rings. The van der Waals surface area contributed by atoms with Crippen molar-refractivity contribution in [2.45, 2.75) is 34.1 Å². The summed E-state index contributed by atoms with van der Waals surface area (Å²) in [6, 6.07) is 0. The highest BCUT2D eigenvalue weighted by molar-refractivity contribution is 5.67. The van der Waals surface area contributed by atoms with Crippen molar-refractivity contribution in [1.29, 1.82) is 0 Å². The lowest BCUT2D eigenvalue weighted by molar-refractivity contribution is 0.116. The molecule has 0 saturated carbocycles. The van der Waals surface area contributed by atoms with E-state index in [0.717, 1.165) is 19.5 Å². The Morgan fingerprint density at radius 3 is 2.14 bits per heavy atom. The Morgan fingerprint density at radius 2 is 1.79 bits per heavy atom. The Hall–Kier alpha value is -0.730. The Kier molecular flexibility index (Phi) is 6.34. The molecule has 0 spiro atoms. The lowest BCUT2D eigenvalue weighted by Crippen LogP contribution is -2.35. The number of nitrogens with zero attached hydrogens (tertiary/aromatic N) is 1. The quantitative estimate of drug-likeness (QED) is 0.684. The standard InChI is InChI=1S/C11H23NO2/c1-9(2)6-7-12(8-10(3)4)11(13)14-5/h9-10H,6-8H2,1-5H3.